The van der Waals surface area contributed by atoms with Crippen LogP contribution in [0, 0.1) is 0 Å². The highest BCUT2D eigenvalue weighted by Crippen LogP contribution is 2.15. The monoisotopic (exact) mass is 239 g/mol. The van der Waals surface area contributed by atoms with Crippen molar-refractivity contribution < 1.29 is 0 Å². The van der Waals surface area contributed by atoms with Crippen molar-refractivity contribution >= 4 is 17.5 Å². The van der Waals surface area contributed by atoms with Crippen LogP contribution in [0.5, 0.6) is 0 Å². The molecule has 0 bridgehead atoms. The van der Waals surface area contributed by atoms with Crippen molar-refractivity contribution in [2.75, 3.05) is 6.26 Å². The van der Waals surface area contributed by atoms with Crippen LogP contribution < -0.4 is 0 Å². The molecule has 0 N–H and O–H groups in total. The highest BCUT2D eigenvalue weighted by molar-refractivity contribution is 8.02. The molecule has 0 aromatic rings. The lowest BCUT2D eigenvalue weighted by atomic mass is 10.1. The number of thioether (sulfide) groups is 1. The lowest BCUT2D eigenvalue weighted by molar-refractivity contribution is 1.09. The summed E-state index contributed by atoms with van der Waals surface area (Å²) in [5.41, 5.74) is 3.07. The van der Waals surface area contributed by atoms with Gasteiger partial charge in [-0.15, -0.1) is 11.8 Å². The number of allylic oxidation sites excluding steroid dienone is 3. The molecule has 0 radical (unpaired) electrons. The summed E-state index contributed by atoms with van der Waals surface area (Å²) in [7, 11) is 0. The van der Waals surface area contributed by atoms with Gasteiger partial charge in [0.25, 0.3) is 0 Å². The van der Waals surface area contributed by atoms with Crippen LogP contribution in [0.15, 0.2) is 40.4 Å². The maximum atomic E-state index is 4.38. The van der Waals surface area contributed by atoms with E-state index in [-0.39, 0.29) is 0 Å². The van der Waals surface area contributed by atoms with Gasteiger partial charge in [-0.05, 0) is 38.2 Å². The van der Waals surface area contributed by atoms with Gasteiger partial charge in [-0.25, -0.2) is 4.99 Å². The molecule has 0 aliphatic heterocycles. The zero-order chi connectivity index (χ0) is 13.1. The normalized spacial score (nSPS) is 11.6. The van der Waals surface area contributed by atoms with E-state index in [4.69, 9.17) is 0 Å². The Kier molecular flexibility index (Phi) is 11.8. The Bertz CT molecular complexity index is 285. The van der Waals surface area contributed by atoms with Crippen LogP contribution in [-0.4, -0.2) is 12.0 Å². The first-order valence-corrected chi connectivity index (χ1v) is 6.77. The molecule has 0 unspecified atom stereocenters. The van der Waals surface area contributed by atoms with E-state index in [1.807, 2.05) is 33.1 Å². The molecule has 0 atom stereocenters. The summed E-state index contributed by atoms with van der Waals surface area (Å²) in [6, 6.07) is 0. The Labute approximate surface area is 105 Å². The summed E-state index contributed by atoms with van der Waals surface area (Å²) in [6.07, 6.45) is 5.24. The molecule has 0 saturated carbocycles. The molecule has 16 heavy (non-hydrogen) atoms. The number of hydrogen-bond donors (Lipinski definition) is 0. The highest BCUT2D eigenvalue weighted by atomic mass is 32.2. The molecule has 1 nitrogen and oxygen atoms in total. The van der Waals surface area contributed by atoms with E-state index in [2.05, 4.69) is 32.0 Å². The number of hydrogen-bond acceptors (Lipinski definition) is 2. The molecule has 0 saturated heterocycles. The second-order valence-corrected chi connectivity index (χ2v) is 4.40. The lowest BCUT2D eigenvalue weighted by Gasteiger charge is -2.06. The molecule has 0 rings (SSSR count). The van der Waals surface area contributed by atoms with Crippen LogP contribution in [-0.2, 0) is 0 Å². The van der Waals surface area contributed by atoms with Gasteiger partial charge in [0, 0.05) is 0 Å². The zero-order valence-electron chi connectivity index (χ0n) is 11.6. The molecule has 0 aliphatic rings. The lowest BCUT2D eigenvalue weighted by Crippen LogP contribution is -2.01. The minimum absolute atomic E-state index is 0.819. The minimum Gasteiger partial charge on any atom is -0.242 e. The third-order valence-electron chi connectivity index (χ3n) is 1.68. The Hall–Kier alpha value is -0.760. The molecule has 2 heteroatoms. The molecular formula is C14H25NS. The van der Waals surface area contributed by atoms with Crippen molar-refractivity contribution in [2.45, 2.75) is 41.0 Å². The van der Waals surface area contributed by atoms with Gasteiger partial charge < -0.3 is 0 Å². The van der Waals surface area contributed by atoms with E-state index in [0.717, 1.165) is 21.9 Å². The largest absolute Gasteiger partial charge is 0.242 e. The highest BCUT2D eigenvalue weighted by Gasteiger charge is 2.02. The molecule has 0 heterocycles. The first-order valence-electron chi connectivity index (χ1n) is 5.55. The van der Waals surface area contributed by atoms with Gasteiger partial charge in [0.15, 0.2) is 0 Å². The van der Waals surface area contributed by atoms with Crippen LogP contribution in [0.1, 0.15) is 41.0 Å². The average Bonchev–Trinajstić information content (AvgIpc) is 2.25. The van der Waals surface area contributed by atoms with E-state index in [9.17, 15) is 0 Å². The molecule has 0 aromatic carbocycles. The predicted molar refractivity (Wildman–Crippen MR) is 80.3 cm³/mol. The van der Waals surface area contributed by atoms with E-state index in [1.54, 1.807) is 11.8 Å². The van der Waals surface area contributed by atoms with Crippen molar-refractivity contribution in [1.82, 2.24) is 0 Å². The standard InChI is InChI=1S/C11H17NS.C3H8/c1-7-9(4)11(8(2)3)12-10(5)13-6;1-3-2/h7H,2,5H2,1,3-4,6H3;3H2,1-2H3/b9-7-,12-11-;. The van der Waals surface area contributed by atoms with Crippen LogP contribution in [0.2, 0.25) is 0 Å². The quantitative estimate of drug-likeness (QED) is 0.613. The van der Waals surface area contributed by atoms with Gasteiger partial charge in [-0.1, -0.05) is 39.5 Å². The second-order valence-electron chi connectivity index (χ2n) is 3.52. The molecule has 0 spiro atoms. The molecule has 0 aromatic heterocycles. The third kappa shape index (κ3) is 8.54. The first-order chi connectivity index (χ1) is 7.44. The number of nitrogens with zero attached hydrogens (tertiary/aromatic N) is 1. The van der Waals surface area contributed by atoms with E-state index < -0.39 is 0 Å². The molecule has 0 fully saturated rings. The molecule has 92 valence electrons. The fourth-order valence-corrected chi connectivity index (χ4v) is 1.01. The number of rotatable bonds is 4. The Morgan fingerprint density at radius 1 is 1.25 bits per heavy atom. The van der Waals surface area contributed by atoms with Crippen molar-refractivity contribution in [3.63, 3.8) is 0 Å². The minimum atomic E-state index is 0.819. The molecular weight excluding hydrogens is 214 g/mol. The average molecular weight is 239 g/mol. The van der Waals surface area contributed by atoms with E-state index >= 15 is 0 Å². The topological polar surface area (TPSA) is 12.4 Å². The summed E-state index contributed by atoms with van der Waals surface area (Å²) in [4.78, 5) is 4.38. The van der Waals surface area contributed by atoms with Crippen LogP contribution in [0.4, 0.5) is 0 Å². The maximum absolute atomic E-state index is 4.38. The van der Waals surface area contributed by atoms with E-state index in [1.165, 1.54) is 6.42 Å². The van der Waals surface area contributed by atoms with Gasteiger partial charge in [0.05, 0.1) is 10.7 Å². The van der Waals surface area contributed by atoms with Crippen molar-refractivity contribution in [1.29, 1.82) is 0 Å². The molecule has 0 aliphatic carbocycles. The van der Waals surface area contributed by atoms with Gasteiger partial charge >= 0.3 is 0 Å². The van der Waals surface area contributed by atoms with Crippen molar-refractivity contribution in [3.05, 3.63) is 35.4 Å². The van der Waals surface area contributed by atoms with Gasteiger partial charge in [0.2, 0.25) is 0 Å². The molecule has 0 amide bonds. The first kappa shape index (κ1) is 17.6. The zero-order valence-corrected chi connectivity index (χ0v) is 12.4. The number of aliphatic imine (C=N–C) groups is 1. The van der Waals surface area contributed by atoms with Crippen LogP contribution >= 0.6 is 11.8 Å². The summed E-state index contributed by atoms with van der Waals surface area (Å²) in [6.45, 7) is 17.9. The van der Waals surface area contributed by atoms with Crippen molar-refractivity contribution in [3.8, 4) is 0 Å². The van der Waals surface area contributed by atoms with Gasteiger partial charge in [-0.2, -0.15) is 0 Å². The summed E-state index contributed by atoms with van der Waals surface area (Å²) >= 11 is 1.55. The predicted octanol–water partition coefficient (Wildman–Crippen LogP) is 5.22. The third-order valence-corrected chi connectivity index (χ3v) is 2.25. The fraction of sp³-hybridized carbons (Fsp3) is 0.500. The summed E-state index contributed by atoms with van der Waals surface area (Å²) < 4.78 is 0. The fourth-order valence-electron chi connectivity index (χ4n) is 0.827. The summed E-state index contributed by atoms with van der Waals surface area (Å²) in [5.74, 6) is 0. The Balaban J connectivity index is 0. The van der Waals surface area contributed by atoms with Gasteiger partial charge in [0.1, 0.15) is 0 Å². The smallest absolute Gasteiger partial charge is 0.0892 e. The SMILES string of the molecule is C=C(/N=C(C(=C)C)\C(C)=C/C)SC.CCC. The summed E-state index contributed by atoms with van der Waals surface area (Å²) in [5, 5.41) is 0.819. The van der Waals surface area contributed by atoms with Crippen molar-refractivity contribution in [2.24, 2.45) is 4.99 Å². The van der Waals surface area contributed by atoms with Crippen LogP contribution in [0.3, 0.4) is 0 Å². The van der Waals surface area contributed by atoms with E-state index in [0.29, 0.717) is 0 Å². The maximum Gasteiger partial charge on any atom is 0.0892 e. The van der Waals surface area contributed by atoms with Crippen LogP contribution in [0.25, 0.3) is 0 Å². The Morgan fingerprint density at radius 3 is 1.94 bits per heavy atom. The second kappa shape index (κ2) is 10.7. The Morgan fingerprint density at radius 2 is 1.69 bits per heavy atom. The van der Waals surface area contributed by atoms with Gasteiger partial charge in [-0.3, -0.25) is 0 Å².